The molecule has 1 aromatic carbocycles. The third-order valence-corrected chi connectivity index (χ3v) is 8.83. The van der Waals surface area contributed by atoms with E-state index < -0.39 is 17.0 Å². The van der Waals surface area contributed by atoms with Crippen molar-refractivity contribution in [1.29, 1.82) is 0 Å². The van der Waals surface area contributed by atoms with Gasteiger partial charge in [0.15, 0.2) is 11.6 Å². The maximum Gasteiger partial charge on any atom is 0.172 e. The van der Waals surface area contributed by atoms with E-state index in [4.69, 9.17) is 15.2 Å². The highest BCUT2D eigenvalue weighted by atomic mass is 32.2. The minimum Gasteiger partial charge on any atom is -0.616 e. The Hall–Kier alpha value is -2.40. The average Bonchev–Trinajstić information content (AvgIpc) is 3.48. The van der Waals surface area contributed by atoms with E-state index in [1.165, 1.54) is 6.33 Å². The quantitative estimate of drug-likeness (QED) is 0.520. The first-order valence-electron chi connectivity index (χ1n) is 12.3. The molecule has 0 spiro atoms. The van der Waals surface area contributed by atoms with Crippen LogP contribution in [0, 0.1) is 5.82 Å². The van der Waals surface area contributed by atoms with Crippen molar-refractivity contribution in [3.8, 4) is 16.9 Å². The molecule has 2 N–H and O–H groups in total. The van der Waals surface area contributed by atoms with Crippen LogP contribution >= 0.6 is 0 Å². The van der Waals surface area contributed by atoms with Gasteiger partial charge in [-0.15, -0.1) is 0 Å². The SMILES string of the molecule is Nc1ncnc2c1c(-c1cccc(OC[C@H]3CCCO3)c1F)cn2[C@H]1C[C@@H](N2CC[S+]([O-])CC2)C1. The largest absolute Gasteiger partial charge is 0.616 e. The molecule has 3 aromatic rings. The minimum absolute atomic E-state index is 0.00970. The Kier molecular flexibility index (Phi) is 6.30. The number of anilines is 1. The highest BCUT2D eigenvalue weighted by Gasteiger charge is 2.38. The second kappa shape index (κ2) is 9.57. The van der Waals surface area contributed by atoms with Crippen molar-refractivity contribution in [1.82, 2.24) is 19.4 Å². The summed E-state index contributed by atoms with van der Waals surface area (Å²) in [4.78, 5) is 11.2. The lowest BCUT2D eigenvalue weighted by Crippen LogP contribution is -2.51. The second-order valence-corrected chi connectivity index (χ2v) is 11.3. The molecule has 3 aliphatic rings. The average molecular weight is 500 g/mol. The third-order valence-electron chi connectivity index (χ3n) is 7.55. The Morgan fingerprint density at radius 2 is 2.00 bits per heavy atom. The first-order valence-corrected chi connectivity index (χ1v) is 13.8. The van der Waals surface area contributed by atoms with Crippen LogP contribution in [0.25, 0.3) is 22.2 Å². The van der Waals surface area contributed by atoms with E-state index in [0.717, 1.165) is 62.5 Å². The van der Waals surface area contributed by atoms with E-state index in [-0.39, 0.29) is 17.9 Å². The summed E-state index contributed by atoms with van der Waals surface area (Å²) in [6.45, 7) is 2.84. The molecule has 2 aromatic heterocycles. The van der Waals surface area contributed by atoms with Gasteiger partial charge in [-0.1, -0.05) is 23.3 Å². The molecule has 0 bridgehead atoms. The molecule has 2 aliphatic heterocycles. The van der Waals surface area contributed by atoms with Gasteiger partial charge in [0.05, 0.1) is 11.5 Å². The Morgan fingerprint density at radius 3 is 2.77 bits per heavy atom. The molecule has 186 valence electrons. The van der Waals surface area contributed by atoms with Gasteiger partial charge in [0, 0.05) is 49.1 Å². The fraction of sp³-hybridized carbons (Fsp3) is 0.520. The van der Waals surface area contributed by atoms with Crippen molar-refractivity contribution in [3.63, 3.8) is 0 Å². The number of nitrogen functional groups attached to an aromatic ring is 1. The molecule has 2 saturated heterocycles. The molecule has 0 unspecified atom stereocenters. The zero-order valence-corrected chi connectivity index (χ0v) is 20.4. The van der Waals surface area contributed by atoms with E-state index in [0.29, 0.717) is 35.0 Å². The molecule has 1 aliphatic carbocycles. The number of nitrogens with two attached hydrogens (primary N) is 1. The zero-order chi connectivity index (χ0) is 23.9. The lowest BCUT2D eigenvalue weighted by Gasteiger charge is -2.44. The van der Waals surface area contributed by atoms with E-state index in [9.17, 15) is 4.55 Å². The van der Waals surface area contributed by atoms with Crippen LogP contribution in [0.5, 0.6) is 5.75 Å². The van der Waals surface area contributed by atoms with Gasteiger partial charge in [-0.25, -0.2) is 14.4 Å². The highest BCUT2D eigenvalue weighted by molar-refractivity contribution is 7.91. The van der Waals surface area contributed by atoms with Crippen LogP contribution in [0.3, 0.4) is 0 Å². The normalized spacial score (nSPS) is 25.7. The number of aromatic nitrogens is 3. The van der Waals surface area contributed by atoms with Crippen molar-refractivity contribution in [2.24, 2.45) is 0 Å². The summed E-state index contributed by atoms with van der Waals surface area (Å²) in [6, 6.07) is 5.92. The fourth-order valence-electron chi connectivity index (χ4n) is 5.48. The summed E-state index contributed by atoms with van der Waals surface area (Å²) in [6.07, 6.45) is 7.33. The molecule has 35 heavy (non-hydrogen) atoms. The van der Waals surface area contributed by atoms with E-state index in [1.807, 2.05) is 6.20 Å². The summed E-state index contributed by atoms with van der Waals surface area (Å²) in [7, 11) is 0. The Labute approximate surface area is 206 Å². The molecule has 3 fully saturated rings. The minimum atomic E-state index is -0.677. The number of ether oxygens (including phenoxy) is 2. The van der Waals surface area contributed by atoms with Crippen molar-refractivity contribution in [2.45, 2.75) is 43.9 Å². The Bertz CT molecular complexity index is 1200. The van der Waals surface area contributed by atoms with Crippen LogP contribution in [0.15, 0.2) is 30.7 Å². The fourth-order valence-corrected chi connectivity index (χ4v) is 6.56. The molecule has 0 amide bonds. The summed E-state index contributed by atoms with van der Waals surface area (Å²) in [5, 5.41) is 0.666. The number of halogens is 1. The molecule has 4 heterocycles. The van der Waals surface area contributed by atoms with Gasteiger partial charge in [-0.05, 0) is 31.7 Å². The van der Waals surface area contributed by atoms with Gasteiger partial charge in [0.25, 0.3) is 0 Å². The summed E-state index contributed by atoms with van der Waals surface area (Å²) >= 11 is -0.677. The molecule has 1 atom stereocenters. The number of rotatable bonds is 6. The number of hydrogen-bond donors (Lipinski definition) is 1. The van der Waals surface area contributed by atoms with Gasteiger partial charge in [-0.3, -0.25) is 4.90 Å². The van der Waals surface area contributed by atoms with E-state index in [2.05, 4.69) is 19.4 Å². The van der Waals surface area contributed by atoms with Crippen LogP contribution in [0.1, 0.15) is 31.7 Å². The smallest absolute Gasteiger partial charge is 0.172 e. The third kappa shape index (κ3) is 4.37. The molecule has 1 saturated carbocycles. The van der Waals surface area contributed by atoms with Gasteiger partial charge < -0.3 is 24.3 Å². The van der Waals surface area contributed by atoms with Gasteiger partial charge >= 0.3 is 0 Å². The predicted molar refractivity (Wildman–Crippen MR) is 133 cm³/mol. The van der Waals surface area contributed by atoms with Crippen LogP contribution in [-0.4, -0.2) is 73.9 Å². The summed E-state index contributed by atoms with van der Waals surface area (Å²) in [5.41, 5.74) is 8.11. The summed E-state index contributed by atoms with van der Waals surface area (Å²) < 4.78 is 40.9. The first-order chi connectivity index (χ1) is 17.1. The maximum absolute atomic E-state index is 15.6. The lowest BCUT2D eigenvalue weighted by molar-refractivity contribution is 0.0666. The number of fused-ring (bicyclic) bond motifs is 1. The van der Waals surface area contributed by atoms with Crippen LogP contribution in [-0.2, 0) is 15.9 Å². The van der Waals surface area contributed by atoms with Gasteiger partial charge in [0.1, 0.15) is 35.9 Å². The number of hydrogen-bond acceptors (Lipinski definition) is 7. The first kappa shape index (κ1) is 23.0. The lowest BCUT2D eigenvalue weighted by atomic mass is 9.85. The number of nitrogens with zero attached hydrogens (tertiary/aromatic N) is 4. The molecular formula is C25H30FN5O3S. The van der Waals surface area contributed by atoms with E-state index >= 15 is 4.39 Å². The monoisotopic (exact) mass is 499 g/mol. The van der Waals surface area contributed by atoms with Crippen molar-refractivity contribution in [2.75, 3.05) is 43.5 Å². The molecule has 6 rings (SSSR count). The van der Waals surface area contributed by atoms with Crippen molar-refractivity contribution >= 4 is 28.0 Å². The second-order valence-electron chi connectivity index (χ2n) is 9.63. The molecular weight excluding hydrogens is 469 g/mol. The Balaban J connectivity index is 1.28. The van der Waals surface area contributed by atoms with Gasteiger partial charge in [-0.2, -0.15) is 0 Å². The Morgan fingerprint density at radius 1 is 1.17 bits per heavy atom. The highest BCUT2D eigenvalue weighted by Crippen LogP contribution is 2.43. The zero-order valence-electron chi connectivity index (χ0n) is 19.6. The van der Waals surface area contributed by atoms with Crippen molar-refractivity contribution < 1.29 is 18.4 Å². The van der Waals surface area contributed by atoms with Crippen LogP contribution < -0.4 is 10.5 Å². The predicted octanol–water partition coefficient (Wildman–Crippen LogP) is 3.15. The molecule has 10 heteroatoms. The summed E-state index contributed by atoms with van der Waals surface area (Å²) in [5.74, 6) is 1.64. The number of benzene rings is 1. The van der Waals surface area contributed by atoms with Crippen LogP contribution in [0.4, 0.5) is 10.2 Å². The van der Waals surface area contributed by atoms with Crippen molar-refractivity contribution in [3.05, 3.63) is 36.5 Å². The standard InChI is InChI=1S/C25H30FN5O3S/c26-23-19(4-1-5-21(23)34-14-18-3-2-8-33-18)20-13-31(25-22(20)24(27)28-15-29-25)17-11-16(12-17)30-6-9-35(32)10-7-30/h1,4-5,13,15-18H,2-3,6-12,14H2,(H2,27,28,29)/t16-,17+,18-/m1/s1. The molecule has 0 radical (unpaired) electrons. The van der Waals surface area contributed by atoms with Gasteiger partial charge in [0.2, 0.25) is 0 Å². The topological polar surface area (TPSA) is 101 Å². The van der Waals surface area contributed by atoms with Crippen LogP contribution in [0.2, 0.25) is 0 Å². The van der Waals surface area contributed by atoms with E-state index in [1.54, 1.807) is 18.2 Å². The molecule has 8 nitrogen and oxygen atoms in total. The maximum atomic E-state index is 15.6.